The maximum absolute atomic E-state index is 10.3. The molecule has 0 spiro atoms. The van der Waals surface area contributed by atoms with E-state index in [9.17, 15) is 9.90 Å². The normalized spacial score (nSPS) is 11.3. The van der Waals surface area contributed by atoms with E-state index in [-0.39, 0.29) is 5.92 Å². The van der Waals surface area contributed by atoms with Crippen LogP contribution in [0.1, 0.15) is 39.5 Å². The molecule has 0 bridgehead atoms. The van der Waals surface area contributed by atoms with Crippen LogP contribution in [0.2, 0.25) is 0 Å². The molecule has 0 aliphatic carbocycles. The fraction of sp³-hybridized carbons (Fsp3) is 0.875. The van der Waals surface area contributed by atoms with Gasteiger partial charge in [0.05, 0.1) is 0 Å². The molecule has 0 N–H and O–H groups in total. The van der Waals surface area contributed by atoms with E-state index in [0.29, 0.717) is 6.42 Å². The third-order valence-corrected chi connectivity index (χ3v) is 1.73. The third kappa shape index (κ3) is 7.90. The van der Waals surface area contributed by atoms with Gasteiger partial charge in [-0.15, -0.1) is 0 Å². The molecule has 0 radical (unpaired) electrons. The molecule has 3 nitrogen and oxygen atoms in total. The van der Waals surface area contributed by atoms with Gasteiger partial charge in [-0.05, 0) is 18.8 Å². The van der Waals surface area contributed by atoms with Crippen molar-refractivity contribution >= 4 is 22.2 Å². The molecule has 0 saturated carbocycles. The topological polar surface area (TPSA) is 57.2 Å². The Morgan fingerprint density at radius 3 is 2.17 bits per heavy atom. The Morgan fingerprint density at radius 1 is 1.42 bits per heavy atom. The van der Waals surface area contributed by atoms with Crippen LogP contribution >= 0.6 is 0 Å². The average molecular weight is 186 g/mol. The van der Waals surface area contributed by atoms with Crippen molar-refractivity contribution in [3.63, 3.8) is 0 Å². The molecule has 0 heterocycles. The fourth-order valence-electron chi connectivity index (χ4n) is 0.939. The second-order valence-corrected chi connectivity index (χ2v) is 2.57. The molecule has 4 heteroatoms. The van der Waals surface area contributed by atoms with Gasteiger partial charge in [-0.1, -0.05) is 26.7 Å². The van der Waals surface area contributed by atoms with Gasteiger partial charge >= 0.3 is 20.0 Å². The van der Waals surface area contributed by atoms with Gasteiger partial charge in [0.2, 0.25) is 0 Å². The van der Waals surface area contributed by atoms with Crippen LogP contribution in [-0.2, 0) is 8.60 Å². The summed E-state index contributed by atoms with van der Waals surface area (Å²) in [6.45, 7) is 3.94. The Balaban J connectivity index is 0. The van der Waals surface area contributed by atoms with Crippen LogP contribution in [0.4, 0.5) is 0 Å². The van der Waals surface area contributed by atoms with Crippen LogP contribution < -0.4 is 5.11 Å². The maximum atomic E-state index is 10.3. The van der Waals surface area contributed by atoms with Crippen molar-refractivity contribution in [2.75, 3.05) is 0 Å². The molecule has 0 aromatic heterocycles. The molecule has 0 fully saturated rings. The van der Waals surface area contributed by atoms with Crippen molar-refractivity contribution in [3.05, 3.63) is 0 Å². The molecule has 0 aromatic rings. The number of hydrogen-bond acceptors (Lipinski definition) is 3. The van der Waals surface area contributed by atoms with Gasteiger partial charge < -0.3 is 9.90 Å². The Labute approximate surface area is 81.8 Å². The summed E-state index contributed by atoms with van der Waals surface area (Å²) in [7, 11) is 0. The molecule has 1 atom stereocenters. The predicted molar refractivity (Wildman–Crippen MR) is 44.8 cm³/mol. The molecule has 0 rings (SSSR count). The van der Waals surface area contributed by atoms with Gasteiger partial charge in [0.25, 0.3) is 0 Å². The van der Waals surface area contributed by atoms with E-state index in [1.807, 2.05) is 6.92 Å². The van der Waals surface area contributed by atoms with Crippen LogP contribution in [-0.4, -0.2) is 22.2 Å². The second kappa shape index (κ2) is 10.8. The van der Waals surface area contributed by atoms with Crippen LogP contribution in [0.3, 0.4) is 0 Å². The number of hydrogen-bond donors (Lipinski definition) is 0. The monoisotopic (exact) mass is 186 g/mol. The molecular weight excluding hydrogens is 171 g/mol. The third-order valence-electron chi connectivity index (χ3n) is 1.73. The summed E-state index contributed by atoms with van der Waals surface area (Å²) in [6, 6.07) is 0. The molecule has 0 aliphatic rings. The van der Waals surface area contributed by atoms with Crippen LogP contribution in [0.5, 0.6) is 0 Å². The van der Waals surface area contributed by atoms with Crippen LogP contribution in [0.25, 0.3) is 0 Å². The molecule has 68 valence electrons. The zero-order valence-corrected chi connectivity index (χ0v) is 8.86. The van der Waals surface area contributed by atoms with Crippen LogP contribution in [0, 0.1) is 5.92 Å². The predicted octanol–water partition coefficient (Wildman–Crippen LogP) is 0.453. The summed E-state index contributed by atoms with van der Waals surface area (Å²) in [6.07, 6.45) is 3.52. The number of carbonyl (C=O) groups is 1. The van der Waals surface area contributed by atoms with E-state index in [4.69, 9.17) is 3.80 Å². The first-order valence-corrected chi connectivity index (χ1v) is 4.63. The van der Waals surface area contributed by atoms with E-state index < -0.39 is 5.97 Å². The first kappa shape index (κ1) is 14.3. The van der Waals surface area contributed by atoms with E-state index in [2.05, 4.69) is 6.92 Å². The minimum atomic E-state index is -0.893. The zero-order valence-electron chi connectivity index (χ0n) is 7.71. The fourth-order valence-corrected chi connectivity index (χ4v) is 0.939. The molecule has 0 saturated heterocycles. The molecule has 0 aromatic carbocycles. The van der Waals surface area contributed by atoms with Gasteiger partial charge in [0.1, 0.15) is 0 Å². The summed E-state index contributed by atoms with van der Waals surface area (Å²) in [4.78, 5) is 10.3. The van der Waals surface area contributed by atoms with Gasteiger partial charge in [0, 0.05) is 5.97 Å². The van der Waals surface area contributed by atoms with E-state index in [1.165, 1.54) is 16.2 Å². The molecule has 12 heavy (non-hydrogen) atoms. The van der Waals surface area contributed by atoms with Crippen molar-refractivity contribution < 1.29 is 13.7 Å². The van der Waals surface area contributed by atoms with Crippen molar-refractivity contribution in [1.82, 2.24) is 0 Å². The standard InChI is InChI=1S/C8H16O2.Al.O/c1-3-5-6-7(4-2)8(9)10;;/h7H,3-6H2,1-2H3,(H,9,10);;/q;+1;/p-1. The summed E-state index contributed by atoms with van der Waals surface area (Å²) >= 11 is 1.17. The number of aliphatic carboxylic acids is 1. The Bertz CT molecular complexity index is 117. The summed E-state index contributed by atoms with van der Waals surface area (Å²) in [5.41, 5.74) is 0. The summed E-state index contributed by atoms with van der Waals surface area (Å²) < 4.78 is 8.17. The molecule has 1 unspecified atom stereocenters. The van der Waals surface area contributed by atoms with Gasteiger partial charge in [-0.2, -0.15) is 0 Å². The first-order chi connectivity index (χ1) is 5.72. The SMILES string of the molecule is CCCCC(CC)C(=O)[O-].[O]=[Al+]. The van der Waals surface area contributed by atoms with Gasteiger partial charge in [-0.3, -0.25) is 0 Å². The van der Waals surface area contributed by atoms with E-state index >= 15 is 0 Å². The summed E-state index contributed by atoms with van der Waals surface area (Å²) in [5.74, 6) is -1.11. The van der Waals surface area contributed by atoms with E-state index in [0.717, 1.165) is 19.3 Å². The summed E-state index contributed by atoms with van der Waals surface area (Å²) in [5, 5.41) is 10.3. The first-order valence-electron chi connectivity index (χ1n) is 4.16. The van der Waals surface area contributed by atoms with Crippen molar-refractivity contribution in [1.29, 1.82) is 0 Å². The number of rotatable bonds is 5. The van der Waals surface area contributed by atoms with Crippen LogP contribution in [0.15, 0.2) is 0 Å². The van der Waals surface area contributed by atoms with E-state index in [1.54, 1.807) is 0 Å². The average Bonchev–Trinajstić information content (AvgIpc) is 2.09. The molecule has 0 amide bonds. The molecular formula is C8H15AlO3. The van der Waals surface area contributed by atoms with Gasteiger partial charge in [-0.25, -0.2) is 0 Å². The minimum absolute atomic E-state index is 0.222. The Kier molecular flexibility index (Phi) is 12.9. The van der Waals surface area contributed by atoms with Crippen molar-refractivity contribution in [2.45, 2.75) is 39.5 Å². The number of carboxylic acids is 1. The number of carboxylic acid groups (broad SMARTS) is 1. The second-order valence-electron chi connectivity index (χ2n) is 2.57. The zero-order chi connectivity index (χ0) is 9.98. The Morgan fingerprint density at radius 2 is 1.92 bits per heavy atom. The number of unbranched alkanes of at least 4 members (excludes halogenated alkanes) is 1. The Hall–Kier alpha value is -0.198. The van der Waals surface area contributed by atoms with Gasteiger partial charge in [0.15, 0.2) is 0 Å². The van der Waals surface area contributed by atoms with Crippen molar-refractivity contribution in [3.8, 4) is 0 Å². The quantitative estimate of drug-likeness (QED) is 0.586. The molecule has 0 aliphatic heterocycles. The van der Waals surface area contributed by atoms with Crippen molar-refractivity contribution in [2.24, 2.45) is 5.92 Å². The number of carbonyl (C=O) groups excluding carboxylic acids is 1.